The van der Waals surface area contributed by atoms with Crippen LogP contribution in [-0.4, -0.2) is 66.1 Å². The molecule has 7 nitrogen and oxygen atoms in total. The van der Waals surface area contributed by atoms with Crippen LogP contribution < -0.4 is 0 Å². The van der Waals surface area contributed by atoms with E-state index in [0.717, 1.165) is 17.1 Å². The fourth-order valence-electron chi connectivity index (χ4n) is 4.30. The molecular weight excluding hydrogens is 450 g/mol. The van der Waals surface area contributed by atoms with Crippen LogP contribution in [0.1, 0.15) is 42.7 Å². The Morgan fingerprint density at radius 3 is 2.29 bits per heavy atom. The number of carbonyl (C=O) groups excluding carboxylic acids is 1. The molecule has 156 valence electrons. The quantitative estimate of drug-likeness (QED) is 0.642. The molecule has 1 heterocycles. The number of rotatable bonds is 4. The number of benzene rings is 1. The first kappa shape index (κ1) is 21.7. The predicted octanol–water partition coefficient (Wildman–Crippen LogP) is 1.69. The van der Waals surface area contributed by atoms with E-state index in [2.05, 4.69) is 22.0 Å². The van der Waals surface area contributed by atoms with Gasteiger partial charge in [0.05, 0.1) is 19.3 Å². The van der Waals surface area contributed by atoms with E-state index in [4.69, 9.17) is 4.74 Å². The van der Waals surface area contributed by atoms with Crippen molar-refractivity contribution in [2.75, 3.05) is 20.2 Å². The largest absolute Gasteiger partial charge is 0.468 e. The second kappa shape index (κ2) is 8.02. The first-order valence-electron chi connectivity index (χ1n) is 9.32. The number of aliphatic hydroxyl groups is 2. The Morgan fingerprint density at radius 1 is 1.21 bits per heavy atom. The Morgan fingerprint density at radius 2 is 1.79 bits per heavy atom. The number of esters is 1. The number of aryl methyl sites for hydroxylation is 1. The number of carbonyl (C=O) groups is 1. The van der Waals surface area contributed by atoms with Gasteiger partial charge >= 0.3 is 5.97 Å². The number of nitrogens with zero attached hydrogens (tertiary/aromatic N) is 1. The Labute approximate surface area is 173 Å². The maximum Gasteiger partial charge on any atom is 0.328 e. The molecule has 9 heteroatoms. The Hall–Kier alpha value is -1.00. The van der Waals surface area contributed by atoms with Gasteiger partial charge in [0, 0.05) is 30.4 Å². The van der Waals surface area contributed by atoms with Crippen molar-refractivity contribution >= 4 is 31.9 Å². The van der Waals surface area contributed by atoms with Crippen molar-refractivity contribution in [1.82, 2.24) is 4.31 Å². The molecule has 0 spiro atoms. The molecule has 1 saturated heterocycles. The zero-order valence-electron chi connectivity index (χ0n) is 16.0. The van der Waals surface area contributed by atoms with E-state index >= 15 is 0 Å². The van der Waals surface area contributed by atoms with Gasteiger partial charge in [-0.1, -0.05) is 28.1 Å². The number of sulfonamides is 1. The standard InChI is InChI=1S/C19H26BrNO6S/c1-12-9-14(3-4-15(12)20)13-5-7-21(8-6-13)28(25,26)19(18(24)27-2)10-16(22)17(23)11-19/h3-4,9,13,16-17,22-23H,5-8,10-11H2,1-2H3/t16-,17+,19+. The van der Waals surface area contributed by atoms with Crippen molar-refractivity contribution in [2.24, 2.45) is 0 Å². The van der Waals surface area contributed by atoms with Gasteiger partial charge < -0.3 is 14.9 Å². The van der Waals surface area contributed by atoms with Crippen LogP contribution in [0, 0.1) is 6.92 Å². The summed E-state index contributed by atoms with van der Waals surface area (Å²) in [4.78, 5) is 12.4. The zero-order valence-corrected chi connectivity index (χ0v) is 18.4. The smallest absolute Gasteiger partial charge is 0.328 e. The van der Waals surface area contributed by atoms with Gasteiger partial charge in [-0.3, -0.25) is 4.79 Å². The molecule has 2 aliphatic rings. The molecule has 0 radical (unpaired) electrons. The van der Waals surface area contributed by atoms with Crippen LogP contribution in [-0.2, 0) is 19.6 Å². The Balaban J connectivity index is 1.80. The first-order chi connectivity index (χ1) is 13.1. The van der Waals surface area contributed by atoms with E-state index in [9.17, 15) is 23.4 Å². The zero-order chi connectivity index (χ0) is 20.7. The summed E-state index contributed by atoms with van der Waals surface area (Å²) in [5.41, 5.74) is 2.30. The molecule has 0 amide bonds. The summed E-state index contributed by atoms with van der Waals surface area (Å²) in [5.74, 6) is -0.680. The number of ether oxygens (including phenoxy) is 1. The number of aliphatic hydroxyl groups excluding tert-OH is 2. The van der Waals surface area contributed by atoms with Crippen LogP contribution in [0.5, 0.6) is 0 Å². The summed E-state index contributed by atoms with van der Waals surface area (Å²) in [6.07, 6.45) is -1.95. The molecule has 1 saturated carbocycles. The average molecular weight is 476 g/mol. The second-order valence-electron chi connectivity index (χ2n) is 7.72. The number of piperidine rings is 1. The van der Waals surface area contributed by atoms with Crippen molar-refractivity contribution in [2.45, 2.75) is 55.5 Å². The van der Waals surface area contributed by atoms with Crippen LogP contribution in [0.3, 0.4) is 0 Å². The number of methoxy groups -OCH3 is 1. The normalized spacial score (nSPS) is 29.8. The molecule has 0 bridgehead atoms. The third-order valence-electron chi connectivity index (χ3n) is 6.02. The monoisotopic (exact) mass is 475 g/mol. The first-order valence-corrected chi connectivity index (χ1v) is 11.6. The van der Waals surface area contributed by atoms with Crippen LogP contribution in [0.4, 0.5) is 0 Å². The van der Waals surface area contributed by atoms with Gasteiger partial charge in [-0.15, -0.1) is 0 Å². The lowest BCUT2D eigenvalue weighted by Gasteiger charge is -2.37. The highest BCUT2D eigenvalue weighted by Crippen LogP contribution is 2.42. The molecule has 2 N–H and O–H groups in total. The van der Waals surface area contributed by atoms with E-state index < -0.39 is 32.9 Å². The SMILES string of the molecule is COC(=O)[C@]1(S(=O)(=O)N2CCC(c3ccc(Br)c(C)c3)CC2)C[C@@H](O)[C@@H](O)C1. The van der Waals surface area contributed by atoms with Crippen molar-refractivity contribution in [3.63, 3.8) is 0 Å². The highest BCUT2D eigenvalue weighted by molar-refractivity contribution is 9.10. The van der Waals surface area contributed by atoms with Gasteiger partial charge in [0.2, 0.25) is 10.0 Å². The maximum absolute atomic E-state index is 13.3. The Kier molecular flexibility index (Phi) is 6.22. The fraction of sp³-hybridized carbons (Fsp3) is 0.632. The van der Waals surface area contributed by atoms with Gasteiger partial charge in [-0.05, 0) is 42.9 Å². The van der Waals surface area contributed by atoms with Gasteiger partial charge in [-0.25, -0.2) is 12.7 Å². The van der Waals surface area contributed by atoms with Crippen LogP contribution in [0.25, 0.3) is 0 Å². The molecule has 1 aliphatic heterocycles. The molecular formula is C19H26BrNO6S. The predicted molar refractivity (Wildman–Crippen MR) is 107 cm³/mol. The molecule has 2 fully saturated rings. The van der Waals surface area contributed by atoms with E-state index in [0.29, 0.717) is 12.8 Å². The topological polar surface area (TPSA) is 104 Å². The van der Waals surface area contributed by atoms with E-state index in [-0.39, 0.29) is 31.8 Å². The van der Waals surface area contributed by atoms with Crippen molar-refractivity contribution < 1.29 is 28.2 Å². The summed E-state index contributed by atoms with van der Waals surface area (Å²) in [7, 11) is -2.97. The fourth-order valence-corrected chi connectivity index (χ4v) is 6.79. The van der Waals surface area contributed by atoms with Gasteiger partial charge in [-0.2, -0.15) is 0 Å². The van der Waals surface area contributed by atoms with Gasteiger partial charge in [0.25, 0.3) is 0 Å². The van der Waals surface area contributed by atoms with Crippen molar-refractivity contribution in [1.29, 1.82) is 0 Å². The minimum atomic E-state index is -4.09. The summed E-state index contributed by atoms with van der Waals surface area (Å²) in [6.45, 7) is 2.59. The summed E-state index contributed by atoms with van der Waals surface area (Å²) < 4.78 is 31.9. The van der Waals surface area contributed by atoms with Crippen molar-refractivity contribution in [3.05, 3.63) is 33.8 Å². The minimum Gasteiger partial charge on any atom is -0.468 e. The van der Waals surface area contributed by atoms with Gasteiger partial charge in [0.15, 0.2) is 4.75 Å². The molecule has 1 aromatic carbocycles. The highest BCUT2D eigenvalue weighted by Gasteiger charge is 2.61. The van der Waals surface area contributed by atoms with Gasteiger partial charge in [0.1, 0.15) is 0 Å². The Bertz CT molecular complexity index is 840. The molecule has 1 aliphatic carbocycles. The third-order valence-corrected chi connectivity index (χ3v) is 9.44. The minimum absolute atomic E-state index is 0.243. The van der Waals surface area contributed by atoms with Crippen LogP contribution in [0.15, 0.2) is 22.7 Å². The summed E-state index contributed by atoms with van der Waals surface area (Å²) in [5, 5.41) is 19.9. The lowest BCUT2D eigenvalue weighted by molar-refractivity contribution is -0.144. The number of hydrogen-bond acceptors (Lipinski definition) is 6. The average Bonchev–Trinajstić information content (AvgIpc) is 2.99. The highest BCUT2D eigenvalue weighted by atomic mass is 79.9. The lowest BCUT2D eigenvalue weighted by Crippen LogP contribution is -2.54. The number of halogens is 1. The molecule has 1 aromatic rings. The maximum atomic E-state index is 13.3. The van der Waals surface area contributed by atoms with E-state index in [1.165, 1.54) is 9.87 Å². The summed E-state index contributed by atoms with van der Waals surface area (Å²) in [6, 6.07) is 6.16. The third kappa shape index (κ3) is 3.63. The van der Waals surface area contributed by atoms with Crippen LogP contribution in [0.2, 0.25) is 0 Å². The molecule has 0 aromatic heterocycles. The summed E-state index contributed by atoms with van der Waals surface area (Å²) >= 11 is 3.49. The lowest BCUT2D eigenvalue weighted by atomic mass is 9.89. The molecule has 28 heavy (non-hydrogen) atoms. The van der Waals surface area contributed by atoms with E-state index in [1.807, 2.05) is 19.1 Å². The number of hydrogen-bond donors (Lipinski definition) is 2. The molecule has 0 unspecified atom stereocenters. The van der Waals surface area contributed by atoms with Crippen LogP contribution >= 0.6 is 15.9 Å². The van der Waals surface area contributed by atoms with Crippen molar-refractivity contribution in [3.8, 4) is 0 Å². The molecule has 3 rings (SSSR count). The molecule has 3 atom stereocenters. The second-order valence-corrected chi connectivity index (χ2v) is 10.8. The van der Waals surface area contributed by atoms with E-state index in [1.54, 1.807) is 0 Å².